The van der Waals surface area contributed by atoms with Crippen molar-refractivity contribution >= 4 is 12.1 Å². The van der Waals surface area contributed by atoms with Gasteiger partial charge in [-0.05, 0) is 22.3 Å². The third kappa shape index (κ3) is 5.35. The average molecular weight is 437 g/mol. The molecule has 0 unspecified atom stereocenters. The van der Waals surface area contributed by atoms with Crippen LogP contribution in [0, 0.1) is 0 Å². The van der Waals surface area contributed by atoms with Crippen molar-refractivity contribution in [3.63, 3.8) is 0 Å². The Morgan fingerprint density at radius 2 is 1.61 bits per heavy atom. The standard InChI is InChI=1S/C22H22F3NO5/c1-26(19(20(27)28)13-30-11-10-22(23,24)25)21(29)31-12-18-16-8-4-2-6-14(16)15-7-3-5-9-17(15)18/h2-9,18-19H,10-13H2,1H3,(H,27,28)/t19-/m0/s1. The van der Waals surface area contributed by atoms with Crippen molar-refractivity contribution in [2.75, 3.05) is 26.9 Å². The number of aliphatic carboxylic acids is 1. The number of amides is 1. The third-order valence-corrected chi connectivity index (χ3v) is 5.18. The first-order valence-electron chi connectivity index (χ1n) is 9.64. The summed E-state index contributed by atoms with van der Waals surface area (Å²) in [6.07, 6.45) is -6.50. The van der Waals surface area contributed by atoms with Gasteiger partial charge in [-0.15, -0.1) is 0 Å². The number of hydrogen-bond acceptors (Lipinski definition) is 4. The number of carboxylic acid groups (broad SMARTS) is 1. The summed E-state index contributed by atoms with van der Waals surface area (Å²) < 4.78 is 46.8. The van der Waals surface area contributed by atoms with E-state index < -0.39 is 43.9 Å². The Balaban J connectivity index is 1.62. The van der Waals surface area contributed by atoms with Crippen LogP contribution >= 0.6 is 0 Å². The quantitative estimate of drug-likeness (QED) is 0.624. The third-order valence-electron chi connectivity index (χ3n) is 5.18. The second-order valence-electron chi connectivity index (χ2n) is 7.21. The second kappa shape index (κ2) is 9.38. The Morgan fingerprint density at radius 3 is 2.13 bits per heavy atom. The van der Waals surface area contributed by atoms with E-state index in [1.165, 1.54) is 7.05 Å². The Labute approximate surface area is 177 Å². The van der Waals surface area contributed by atoms with Crippen LogP contribution in [0.25, 0.3) is 11.1 Å². The molecule has 1 amide bonds. The van der Waals surface area contributed by atoms with Gasteiger partial charge in [-0.25, -0.2) is 9.59 Å². The van der Waals surface area contributed by atoms with Crippen LogP contribution in [0.5, 0.6) is 0 Å². The summed E-state index contributed by atoms with van der Waals surface area (Å²) in [5.41, 5.74) is 4.11. The molecule has 0 bridgehead atoms. The lowest BCUT2D eigenvalue weighted by molar-refractivity contribution is -0.151. The van der Waals surface area contributed by atoms with Crippen molar-refractivity contribution in [3.8, 4) is 11.1 Å². The highest BCUT2D eigenvalue weighted by molar-refractivity contribution is 5.81. The highest BCUT2D eigenvalue weighted by atomic mass is 19.4. The number of benzene rings is 2. The molecule has 1 aliphatic carbocycles. The first kappa shape index (κ1) is 22.6. The van der Waals surface area contributed by atoms with Crippen molar-refractivity contribution in [2.45, 2.75) is 24.6 Å². The second-order valence-corrected chi connectivity index (χ2v) is 7.21. The SMILES string of the molecule is CN(C(=O)OCC1c2ccccc2-c2ccccc21)[C@@H](COCCC(F)(F)F)C(=O)O. The van der Waals surface area contributed by atoms with Crippen LogP contribution in [0.1, 0.15) is 23.5 Å². The molecule has 0 fully saturated rings. The fourth-order valence-corrected chi connectivity index (χ4v) is 3.55. The number of rotatable bonds is 8. The molecule has 0 saturated carbocycles. The fourth-order valence-electron chi connectivity index (χ4n) is 3.55. The molecule has 6 nitrogen and oxygen atoms in total. The number of alkyl halides is 3. The molecule has 9 heteroatoms. The Bertz CT molecular complexity index is 901. The molecular weight excluding hydrogens is 415 g/mol. The minimum Gasteiger partial charge on any atom is -0.480 e. The number of likely N-dealkylation sites (N-methyl/N-ethyl adjacent to an activating group) is 1. The summed E-state index contributed by atoms with van der Waals surface area (Å²) >= 11 is 0. The molecule has 31 heavy (non-hydrogen) atoms. The van der Waals surface area contributed by atoms with E-state index in [0.29, 0.717) is 0 Å². The number of fused-ring (bicyclic) bond motifs is 3. The summed E-state index contributed by atoms with van der Waals surface area (Å²) in [7, 11) is 1.21. The first-order valence-corrected chi connectivity index (χ1v) is 9.64. The van der Waals surface area contributed by atoms with E-state index in [1.54, 1.807) is 0 Å². The topological polar surface area (TPSA) is 76.1 Å². The van der Waals surface area contributed by atoms with Gasteiger partial charge in [-0.3, -0.25) is 4.90 Å². The number of hydrogen-bond donors (Lipinski definition) is 1. The molecular formula is C22H22F3NO5. The van der Waals surface area contributed by atoms with Crippen LogP contribution < -0.4 is 0 Å². The van der Waals surface area contributed by atoms with Gasteiger partial charge in [0.1, 0.15) is 6.61 Å². The zero-order valence-electron chi connectivity index (χ0n) is 16.8. The van der Waals surface area contributed by atoms with Gasteiger partial charge in [0.25, 0.3) is 0 Å². The van der Waals surface area contributed by atoms with Crippen LogP contribution in [0.3, 0.4) is 0 Å². The van der Waals surface area contributed by atoms with Crippen LogP contribution in [-0.4, -0.2) is 61.2 Å². The van der Waals surface area contributed by atoms with E-state index >= 15 is 0 Å². The normalized spacial score (nSPS) is 13.9. The summed E-state index contributed by atoms with van der Waals surface area (Å²) in [5.74, 6) is -1.60. The maximum Gasteiger partial charge on any atom is 0.410 e. The van der Waals surface area contributed by atoms with Gasteiger partial charge in [-0.1, -0.05) is 48.5 Å². The molecule has 0 aliphatic heterocycles. The lowest BCUT2D eigenvalue weighted by atomic mass is 9.98. The monoisotopic (exact) mass is 437 g/mol. The van der Waals surface area contributed by atoms with Crippen molar-refractivity contribution in [3.05, 3.63) is 59.7 Å². The van der Waals surface area contributed by atoms with Gasteiger partial charge < -0.3 is 14.6 Å². The largest absolute Gasteiger partial charge is 0.480 e. The highest BCUT2D eigenvalue weighted by Gasteiger charge is 2.32. The number of carboxylic acids is 1. The van der Waals surface area contributed by atoms with Crippen molar-refractivity contribution in [1.82, 2.24) is 4.90 Å². The predicted octanol–water partition coefficient (Wildman–Crippen LogP) is 4.29. The lowest BCUT2D eigenvalue weighted by Crippen LogP contribution is -2.46. The van der Waals surface area contributed by atoms with Crippen LogP contribution in [0.4, 0.5) is 18.0 Å². The van der Waals surface area contributed by atoms with Crippen LogP contribution in [0.2, 0.25) is 0 Å². The number of nitrogens with zero attached hydrogens (tertiary/aromatic N) is 1. The van der Waals surface area contributed by atoms with E-state index in [4.69, 9.17) is 9.47 Å². The van der Waals surface area contributed by atoms with Crippen molar-refractivity contribution in [2.24, 2.45) is 0 Å². The van der Waals surface area contributed by atoms with Gasteiger partial charge in [0.05, 0.1) is 19.6 Å². The Morgan fingerprint density at radius 1 is 1.06 bits per heavy atom. The minimum absolute atomic E-state index is 0.00152. The summed E-state index contributed by atoms with van der Waals surface area (Å²) in [5, 5.41) is 9.34. The zero-order valence-corrected chi connectivity index (χ0v) is 16.8. The molecule has 0 saturated heterocycles. The molecule has 3 rings (SSSR count). The molecule has 1 atom stereocenters. The van der Waals surface area contributed by atoms with Crippen molar-refractivity contribution in [1.29, 1.82) is 0 Å². The molecule has 166 valence electrons. The van der Waals surface area contributed by atoms with Gasteiger partial charge in [-0.2, -0.15) is 13.2 Å². The summed E-state index contributed by atoms with van der Waals surface area (Å²) in [6.45, 7) is -1.27. The van der Waals surface area contributed by atoms with E-state index in [0.717, 1.165) is 27.2 Å². The van der Waals surface area contributed by atoms with E-state index in [2.05, 4.69) is 0 Å². The van der Waals surface area contributed by atoms with E-state index in [9.17, 15) is 27.9 Å². The average Bonchev–Trinajstić information content (AvgIpc) is 3.04. The fraction of sp³-hybridized carbons (Fsp3) is 0.364. The highest BCUT2D eigenvalue weighted by Crippen LogP contribution is 2.44. The lowest BCUT2D eigenvalue weighted by Gasteiger charge is -2.25. The molecule has 0 aromatic heterocycles. The zero-order chi connectivity index (χ0) is 22.6. The molecule has 0 radical (unpaired) electrons. The van der Waals surface area contributed by atoms with E-state index in [1.807, 2.05) is 48.5 Å². The maximum absolute atomic E-state index is 12.5. The van der Waals surface area contributed by atoms with Crippen LogP contribution in [-0.2, 0) is 14.3 Å². The first-order chi connectivity index (χ1) is 14.7. The number of halogens is 3. The summed E-state index contributed by atoms with van der Waals surface area (Å²) in [6, 6.07) is 14.0. The maximum atomic E-state index is 12.5. The van der Waals surface area contributed by atoms with Crippen molar-refractivity contribution < 1.29 is 37.3 Å². The Hall–Kier alpha value is -3.07. The predicted molar refractivity (Wildman–Crippen MR) is 106 cm³/mol. The Kier molecular flexibility index (Phi) is 6.84. The molecule has 2 aromatic rings. The van der Waals surface area contributed by atoms with Gasteiger partial charge in [0, 0.05) is 13.0 Å². The van der Waals surface area contributed by atoms with Gasteiger partial charge in [0.2, 0.25) is 0 Å². The molecule has 0 heterocycles. The number of carbonyl (C=O) groups excluding carboxylic acids is 1. The number of carbonyl (C=O) groups is 2. The minimum atomic E-state index is -4.41. The van der Waals surface area contributed by atoms with Gasteiger partial charge in [0.15, 0.2) is 6.04 Å². The van der Waals surface area contributed by atoms with Crippen LogP contribution in [0.15, 0.2) is 48.5 Å². The molecule has 2 aromatic carbocycles. The van der Waals surface area contributed by atoms with E-state index in [-0.39, 0.29) is 12.5 Å². The molecule has 0 spiro atoms. The van der Waals surface area contributed by atoms with Gasteiger partial charge >= 0.3 is 18.2 Å². The number of ether oxygens (including phenoxy) is 2. The molecule has 1 N–H and O–H groups in total. The smallest absolute Gasteiger partial charge is 0.410 e. The molecule has 1 aliphatic rings. The summed E-state index contributed by atoms with van der Waals surface area (Å²) in [4.78, 5) is 24.8.